The number of fused-ring (bicyclic) bond motifs is 1. The van der Waals surface area contributed by atoms with Gasteiger partial charge in [0.1, 0.15) is 6.04 Å². The summed E-state index contributed by atoms with van der Waals surface area (Å²) in [6.45, 7) is 1.56. The molecule has 1 saturated carbocycles. The molecule has 104 valence electrons. The number of hydrogen-bond acceptors (Lipinski definition) is 2. The average Bonchev–Trinajstić information content (AvgIpc) is 3.14. The number of hydrogen-bond donors (Lipinski definition) is 2. The molecule has 5 heteroatoms. The molecule has 0 aliphatic heterocycles. The summed E-state index contributed by atoms with van der Waals surface area (Å²) in [6.07, 6.45) is 3.58. The number of rotatable bonds is 4. The molecule has 1 amide bonds. The van der Waals surface area contributed by atoms with E-state index in [1.54, 1.807) is 19.1 Å². The van der Waals surface area contributed by atoms with E-state index in [1.165, 1.54) is 4.90 Å². The summed E-state index contributed by atoms with van der Waals surface area (Å²) in [6, 6.07) is 6.60. The Kier molecular flexibility index (Phi) is 2.97. The van der Waals surface area contributed by atoms with Crippen LogP contribution < -0.4 is 0 Å². The van der Waals surface area contributed by atoms with Gasteiger partial charge in [-0.3, -0.25) is 4.79 Å². The minimum Gasteiger partial charge on any atom is -0.480 e. The molecule has 1 atom stereocenters. The standard InChI is InChI=1S/C15H16N2O3/c1-9(15(19)20)17(12-4-5-12)14(18)11-3-2-10-6-7-16-13(10)8-11/h2-3,6-9,12,16H,4-5H2,1H3,(H,19,20). The molecule has 1 aromatic heterocycles. The number of aromatic amines is 1. The predicted molar refractivity (Wildman–Crippen MR) is 74.6 cm³/mol. The highest BCUT2D eigenvalue weighted by molar-refractivity contribution is 5.99. The van der Waals surface area contributed by atoms with E-state index in [2.05, 4.69) is 4.98 Å². The van der Waals surface area contributed by atoms with Crippen LogP contribution in [0.1, 0.15) is 30.1 Å². The van der Waals surface area contributed by atoms with Gasteiger partial charge in [0, 0.05) is 23.3 Å². The van der Waals surface area contributed by atoms with Gasteiger partial charge in [0.2, 0.25) is 0 Å². The van der Waals surface area contributed by atoms with Crippen molar-refractivity contribution in [1.29, 1.82) is 0 Å². The Morgan fingerprint density at radius 1 is 1.35 bits per heavy atom. The average molecular weight is 272 g/mol. The molecule has 1 unspecified atom stereocenters. The molecule has 5 nitrogen and oxygen atoms in total. The first-order chi connectivity index (χ1) is 9.58. The van der Waals surface area contributed by atoms with Crippen molar-refractivity contribution in [2.45, 2.75) is 31.8 Å². The van der Waals surface area contributed by atoms with Crippen LogP contribution in [-0.2, 0) is 4.79 Å². The molecule has 2 N–H and O–H groups in total. The van der Waals surface area contributed by atoms with Gasteiger partial charge < -0.3 is 15.0 Å². The van der Waals surface area contributed by atoms with Crippen LogP contribution in [-0.4, -0.2) is 39.0 Å². The van der Waals surface area contributed by atoms with Crippen molar-refractivity contribution >= 4 is 22.8 Å². The lowest BCUT2D eigenvalue weighted by Crippen LogP contribution is -2.44. The zero-order valence-electron chi connectivity index (χ0n) is 11.2. The fourth-order valence-electron chi connectivity index (χ4n) is 2.46. The number of benzene rings is 1. The Morgan fingerprint density at radius 2 is 2.10 bits per heavy atom. The maximum atomic E-state index is 12.6. The number of carboxylic acids is 1. The SMILES string of the molecule is CC(C(=O)O)N(C(=O)c1ccc2cc[nH]c2c1)C1CC1. The summed E-state index contributed by atoms with van der Waals surface area (Å²) in [5.41, 5.74) is 1.41. The highest BCUT2D eigenvalue weighted by atomic mass is 16.4. The lowest BCUT2D eigenvalue weighted by Gasteiger charge is -2.26. The second-order valence-corrected chi connectivity index (χ2v) is 5.24. The molecule has 1 heterocycles. The van der Waals surface area contributed by atoms with Crippen molar-refractivity contribution in [3.63, 3.8) is 0 Å². The van der Waals surface area contributed by atoms with Crippen LogP contribution in [0.25, 0.3) is 10.9 Å². The first-order valence-electron chi connectivity index (χ1n) is 6.70. The fourth-order valence-corrected chi connectivity index (χ4v) is 2.46. The second kappa shape index (κ2) is 4.67. The van der Waals surface area contributed by atoms with Crippen molar-refractivity contribution in [1.82, 2.24) is 9.88 Å². The molecule has 0 saturated heterocycles. The van der Waals surface area contributed by atoms with E-state index in [4.69, 9.17) is 5.11 Å². The van der Waals surface area contributed by atoms with Gasteiger partial charge in [-0.2, -0.15) is 0 Å². The molecule has 0 spiro atoms. The van der Waals surface area contributed by atoms with E-state index >= 15 is 0 Å². The van der Waals surface area contributed by atoms with E-state index in [-0.39, 0.29) is 11.9 Å². The highest BCUT2D eigenvalue weighted by Gasteiger charge is 2.38. The Hall–Kier alpha value is -2.30. The number of amides is 1. The molecule has 1 aliphatic rings. The third-order valence-electron chi connectivity index (χ3n) is 3.75. The zero-order chi connectivity index (χ0) is 14.3. The zero-order valence-corrected chi connectivity index (χ0v) is 11.2. The minimum atomic E-state index is -0.966. The predicted octanol–water partition coefficient (Wildman–Crippen LogP) is 2.25. The number of carbonyl (C=O) groups is 2. The quantitative estimate of drug-likeness (QED) is 0.896. The first kappa shape index (κ1) is 12.7. The van der Waals surface area contributed by atoms with Crippen molar-refractivity contribution in [2.75, 3.05) is 0 Å². The summed E-state index contributed by atoms with van der Waals surface area (Å²) < 4.78 is 0. The Bertz CT molecular complexity index is 673. The number of aliphatic carboxylic acids is 1. The Labute approximate surface area is 116 Å². The summed E-state index contributed by atoms with van der Waals surface area (Å²) in [4.78, 5) is 28.3. The fraction of sp³-hybridized carbons (Fsp3) is 0.333. The van der Waals surface area contributed by atoms with Crippen molar-refractivity contribution < 1.29 is 14.7 Å². The van der Waals surface area contributed by atoms with Crippen molar-refractivity contribution in [2.24, 2.45) is 0 Å². The molecule has 20 heavy (non-hydrogen) atoms. The van der Waals surface area contributed by atoms with Gasteiger partial charge in [-0.05, 0) is 43.4 Å². The molecule has 1 aliphatic carbocycles. The summed E-state index contributed by atoms with van der Waals surface area (Å²) in [7, 11) is 0. The minimum absolute atomic E-state index is 0.0629. The van der Waals surface area contributed by atoms with Crippen LogP contribution in [0.3, 0.4) is 0 Å². The van der Waals surface area contributed by atoms with Crippen molar-refractivity contribution in [3.8, 4) is 0 Å². The molecule has 0 bridgehead atoms. The Morgan fingerprint density at radius 3 is 2.75 bits per heavy atom. The van der Waals surface area contributed by atoms with Crippen LogP contribution in [0.15, 0.2) is 30.5 Å². The maximum absolute atomic E-state index is 12.6. The van der Waals surface area contributed by atoms with Gasteiger partial charge in [0.05, 0.1) is 0 Å². The Balaban J connectivity index is 1.94. The smallest absolute Gasteiger partial charge is 0.326 e. The van der Waals surface area contributed by atoms with Crippen LogP contribution in [0.2, 0.25) is 0 Å². The third kappa shape index (κ3) is 2.15. The molecular weight excluding hydrogens is 256 g/mol. The molecule has 3 rings (SSSR count). The van der Waals surface area contributed by atoms with E-state index in [0.717, 1.165) is 23.7 Å². The molecular formula is C15H16N2O3. The lowest BCUT2D eigenvalue weighted by molar-refractivity contribution is -0.141. The summed E-state index contributed by atoms with van der Waals surface area (Å²) >= 11 is 0. The van der Waals surface area contributed by atoms with Crippen LogP contribution in [0.4, 0.5) is 0 Å². The third-order valence-corrected chi connectivity index (χ3v) is 3.75. The lowest BCUT2D eigenvalue weighted by atomic mass is 10.1. The number of H-pyrrole nitrogens is 1. The van der Waals surface area contributed by atoms with Gasteiger partial charge >= 0.3 is 5.97 Å². The molecule has 1 aromatic carbocycles. The summed E-state index contributed by atoms with van der Waals surface area (Å²) in [5, 5.41) is 10.2. The van der Waals surface area contributed by atoms with Crippen LogP contribution >= 0.6 is 0 Å². The van der Waals surface area contributed by atoms with Gasteiger partial charge in [-0.25, -0.2) is 4.79 Å². The first-order valence-corrected chi connectivity index (χ1v) is 6.70. The van der Waals surface area contributed by atoms with Crippen LogP contribution in [0, 0.1) is 0 Å². The second-order valence-electron chi connectivity index (χ2n) is 5.24. The van der Waals surface area contributed by atoms with Crippen molar-refractivity contribution in [3.05, 3.63) is 36.0 Å². The molecule has 0 radical (unpaired) electrons. The molecule has 1 fully saturated rings. The number of aromatic nitrogens is 1. The monoisotopic (exact) mass is 272 g/mol. The number of nitrogens with zero attached hydrogens (tertiary/aromatic N) is 1. The number of carboxylic acid groups (broad SMARTS) is 1. The topological polar surface area (TPSA) is 73.4 Å². The normalized spacial score (nSPS) is 16.1. The number of carbonyl (C=O) groups excluding carboxylic acids is 1. The summed E-state index contributed by atoms with van der Waals surface area (Å²) in [5.74, 6) is -1.18. The van der Waals surface area contributed by atoms with E-state index in [0.29, 0.717) is 5.56 Å². The van der Waals surface area contributed by atoms with Gasteiger partial charge in [0.25, 0.3) is 5.91 Å². The van der Waals surface area contributed by atoms with Gasteiger partial charge in [-0.15, -0.1) is 0 Å². The van der Waals surface area contributed by atoms with E-state index in [1.807, 2.05) is 18.3 Å². The van der Waals surface area contributed by atoms with Crippen LogP contribution in [0.5, 0.6) is 0 Å². The van der Waals surface area contributed by atoms with Gasteiger partial charge in [0.15, 0.2) is 0 Å². The largest absolute Gasteiger partial charge is 0.480 e. The highest BCUT2D eigenvalue weighted by Crippen LogP contribution is 2.30. The molecule has 2 aromatic rings. The van der Waals surface area contributed by atoms with Gasteiger partial charge in [-0.1, -0.05) is 6.07 Å². The number of nitrogens with one attached hydrogen (secondary N) is 1. The maximum Gasteiger partial charge on any atom is 0.326 e. The van der Waals surface area contributed by atoms with E-state index in [9.17, 15) is 9.59 Å². The van der Waals surface area contributed by atoms with E-state index < -0.39 is 12.0 Å².